The number of aromatic nitrogens is 1. The first-order chi connectivity index (χ1) is 11.2. The van der Waals surface area contributed by atoms with E-state index in [1.807, 2.05) is 55.5 Å². The summed E-state index contributed by atoms with van der Waals surface area (Å²) < 4.78 is 2.13. The molecule has 0 aliphatic rings. The number of nitrogens with zero attached hydrogens (tertiary/aromatic N) is 2. The highest BCUT2D eigenvalue weighted by Gasteiger charge is 2.18. The third-order valence-corrected chi connectivity index (χ3v) is 5.82. The van der Waals surface area contributed by atoms with Crippen molar-refractivity contribution < 1.29 is 4.79 Å². The van der Waals surface area contributed by atoms with Crippen molar-refractivity contribution in [3.8, 4) is 0 Å². The maximum atomic E-state index is 12.6. The lowest BCUT2D eigenvalue weighted by molar-refractivity contribution is -0.116. The zero-order valence-electron chi connectivity index (χ0n) is 12.5. The van der Waals surface area contributed by atoms with Crippen LogP contribution in [0.1, 0.15) is 6.92 Å². The second-order valence-corrected chi connectivity index (χ2v) is 7.82. The highest BCUT2D eigenvalue weighted by atomic mass is 79.9. The molecule has 0 N–H and O–H groups in total. The zero-order chi connectivity index (χ0) is 16.2. The molecular formula is C17H15BrN2OS2. The molecule has 0 radical (unpaired) electrons. The number of carbonyl (C=O) groups excluding carboxylic acids is 1. The van der Waals surface area contributed by atoms with Crippen LogP contribution in [0, 0.1) is 0 Å². The number of carbonyl (C=O) groups is 1. The number of amides is 1. The number of para-hydroxylation sites is 1. The van der Waals surface area contributed by atoms with Crippen LogP contribution in [0.25, 0.3) is 10.2 Å². The van der Waals surface area contributed by atoms with Gasteiger partial charge < -0.3 is 0 Å². The van der Waals surface area contributed by atoms with E-state index in [2.05, 4.69) is 20.9 Å². The Morgan fingerprint density at radius 1 is 1.26 bits per heavy atom. The molecule has 0 unspecified atom stereocenters. The Hall–Kier alpha value is -1.37. The van der Waals surface area contributed by atoms with Crippen LogP contribution in [0.4, 0.5) is 5.13 Å². The molecule has 6 heteroatoms. The van der Waals surface area contributed by atoms with E-state index in [9.17, 15) is 4.79 Å². The van der Waals surface area contributed by atoms with Gasteiger partial charge in [0.15, 0.2) is 5.13 Å². The first-order valence-electron chi connectivity index (χ1n) is 7.21. The summed E-state index contributed by atoms with van der Waals surface area (Å²) in [6.07, 6.45) is 0. The van der Waals surface area contributed by atoms with E-state index in [0.29, 0.717) is 12.3 Å². The molecule has 0 bridgehead atoms. The van der Waals surface area contributed by atoms with Crippen molar-refractivity contribution in [3.05, 3.63) is 53.0 Å². The van der Waals surface area contributed by atoms with Crippen LogP contribution in [-0.4, -0.2) is 23.2 Å². The van der Waals surface area contributed by atoms with Crippen LogP contribution in [0.15, 0.2) is 57.9 Å². The summed E-state index contributed by atoms with van der Waals surface area (Å²) in [7, 11) is 0. The fourth-order valence-corrected chi connectivity index (χ4v) is 4.60. The standard InChI is InChI=1S/C17H15BrN2OS2/c1-2-20(17-19-14-8-3-4-9-15(14)23-17)16(21)11-22-13-7-5-6-12(18)10-13/h3-10H,2,11H2,1H3. The number of thioether (sulfide) groups is 1. The molecule has 3 nitrogen and oxygen atoms in total. The first kappa shape index (κ1) is 16.5. The van der Waals surface area contributed by atoms with Gasteiger partial charge in [-0.3, -0.25) is 9.69 Å². The fourth-order valence-electron chi connectivity index (χ4n) is 2.17. The maximum absolute atomic E-state index is 12.6. The van der Waals surface area contributed by atoms with Gasteiger partial charge in [0.25, 0.3) is 0 Å². The molecule has 23 heavy (non-hydrogen) atoms. The molecule has 3 rings (SSSR count). The van der Waals surface area contributed by atoms with E-state index in [0.717, 1.165) is 24.7 Å². The van der Waals surface area contributed by atoms with Crippen LogP contribution in [0.2, 0.25) is 0 Å². The van der Waals surface area contributed by atoms with Gasteiger partial charge in [-0.05, 0) is 37.3 Å². The molecule has 1 amide bonds. The van der Waals surface area contributed by atoms with Crippen molar-refractivity contribution in [1.82, 2.24) is 4.98 Å². The Morgan fingerprint density at radius 2 is 2.09 bits per heavy atom. The van der Waals surface area contributed by atoms with Gasteiger partial charge in [0.05, 0.1) is 16.0 Å². The summed E-state index contributed by atoms with van der Waals surface area (Å²) in [6, 6.07) is 15.9. The molecule has 118 valence electrons. The number of hydrogen-bond donors (Lipinski definition) is 0. The van der Waals surface area contributed by atoms with E-state index >= 15 is 0 Å². The number of thiazole rings is 1. The summed E-state index contributed by atoms with van der Waals surface area (Å²) in [5.74, 6) is 0.483. The molecule has 0 saturated heterocycles. The van der Waals surface area contributed by atoms with Gasteiger partial charge in [-0.2, -0.15) is 0 Å². The lowest BCUT2D eigenvalue weighted by atomic mass is 10.3. The van der Waals surface area contributed by atoms with Crippen LogP contribution < -0.4 is 4.90 Å². The Kier molecular flexibility index (Phi) is 5.35. The van der Waals surface area contributed by atoms with Crippen molar-refractivity contribution in [2.24, 2.45) is 0 Å². The number of benzene rings is 2. The predicted molar refractivity (Wildman–Crippen MR) is 103 cm³/mol. The maximum Gasteiger partial charge on any atom is 0.239 e. The predicted octanol–water partition coefficient (Wildman–Crippen LogP) is 5.20. The quantitative estimate of drug-likeness (QED) is 0.545. The molecule has 0 saturated carbocycles. The SMILES string of the molecule is CCN(C(=O)CSc1cccc(Br)c1)c1nc2ccccc2s1. The number of anilines is 1. The van der Waals surface area contributed by atoms with Crippen molar-refractivity contribution in [2.75, 3.05) is 17.2 Å². The second-order valence-electron chi connectivity index (χ2n) is 4.85. The van der Waals surface area contributed by atoms with Crippen molar-refractivity contribution in [2.45, 2.75) is 11.8 Å². The van der Waals surface area contributed by atoms with E-state index in [1.54, 1.807) is 28.0 Å². The summed E-state index contributed by atoms with van der Waals surface area (Å²) in [6.45, 7) is 2.60. The molecule has 1 heterocycles. The van der Waals surface area contributed by atoms with Crippen LogP contribution >= 0.6 is 39.0 Å². The number of halogens is 1. The molecule has 0 aliphatic carbocycles. The van der Waals surface area contributed by atoms with Crippen molar-refractivity contribution in [1.29, 1.82) is 0 Å². The van der Waals surface area contributed by atoms with Crippen LogP contribution in [0.5, 0.6) is 0 Å². The molecule has 3 aromatic rings. The average molecular weight is 407 g/mol. The summed E-state index contributed by atoms with van der Waals surface area (Å²) in [4.78, 5) is 20.0. The largest absolute Gasteiger partial charge is 0.288 e. The highest BCUT2D eigenvalue weighted by Crippen LogP contribution is 2.29. The smallest absolute Gasteiger partial charge is 0.239 e. The third kappa shape index (κ3) is 3.94. The average Bonchev–Trinajstić information content (AvgIpc) is 2.97. The Labute approximate surface area is 151 Å². The third-order valence-electron chi connectivity index (χ3n) is 3.29. The highest BCUT2D eigenvalue weighted by molar-refractivity contribution is 9.10. The van der Waals surface area contributed by atoms with Gasteiger partial charge in [0.1, 0.15) is 0 Å². The summed E-state index contributed by atoms with van der Waals surface area (Å²) >= 11 is 6.55. The zero-order valence-corrected chi connectivity index (χ0v) is 15.7. The molecule has 0 atom stereocenters. The van der Waals surface area contributed by atoms with Gasteiger partial charge >= 0.3 is 0 Å². The molecule has 1 aromatic heterocycles. The first-order valence-corrected chi connectivity index (χ1v) is 9.81. The summed E-state index contributed by atoms with van der Waals surface area (Å²) in [5, 5.41) is 0.772. The topological polar surface area (TPSA) is 33.2 Å². The Bertz CT molecular complexity index is 801. The van der Waals surface area contributed by atoms with Crippen LogP contribution in [0.3, 0.4) is 0 Å². The van der Waals surface area contributed by atoms with E-state index in [4.69, 9.17) is 0 Å². The van der Waals surface area contributed by atoms with Gasteiger partial charge in [-0.15, -0.1) is 11.8 Å². The molecule has 0 spiro atoms. The lowest BCUT2D eigenvalue weighted by Crippen LogP contribution is -2.32. The number of fused-ring (bicyclic) bond motifs is 1. The normalized spacial score (nSPS) is 10.9. The monoisotopic (exact) mass is 406 g/mol. The van der Waals surface area contributed by atoms with Gasteiger partial charge in [-0.25, -0.2) is 4.98 Å². The number of rotatable bonds is 5. The van der Waals surface area contributed by atoms with E-state index < -0.39 is 0 Å². The summed E-state index contributed by atoms with van der Waals surface area (Å²) in [5.41, 5.74) is 0.943. The van der Waals surface area contributed by atoms with Crippen molar-refractivity contribution in [3.63, 3.8) is 0 Å². The van der Waals surface area contributed by atoms with E-state index in [1.165, 1.54) is 0 Å². The Balaban J connectivity index is 1.73. The second kappa shape index (κ2) is 7.47. The molecular weight excluding hydrogens is 392 g/mol. The molecule has 2 aromatic carbocycles. The minimum absolute atomic E-state index is 0.0801. The molecule has 0 fully saturated rings. The lowest BCUT2D eigenvalue weighted by Gasteiger charge is -2.17. The van der Waals surface area contributed by atoms with Gasteiger partial charge in [0, 0.05) is 15.9 Å². The fraction of sp³-hybridized carbons (Fsp3) is 0.176. The van der Waals surface area contributed by atoms with Gasteiger partial charge in [-0.1, -0.05) is 45.5 Å². The minimum atomic E-state index is 0.0801. The Morgan fingerprint density at radius 3 is 2.83 bits per heavy atom. The molecule has 0 aliphatic heterocycles. The van der Waals surface area contributed by atoms with Crippen LogP contribution in [-0.2, 0) is 4.79 Å². The van der Waals surface area contributed by atoms with Crippen molar-refractivity contribution >= 4 is 60.3 Å². The number of hydrogen-bond acceptors (Lipinski definition) is 4. The van der Waals surface area contributed by atoms with E-state index in [-0.39, 0.29) is 5.91 Å². The van der Waals surface area contributed by atoms with Gasteiger partial charge in [0.2, 0.25) is 5.91 Å². The minimum Gasteiger partial charge on any atom is -0.288 e.